The first-order chi connectivity index (χ1) is 7.98. The van der Waals surface area contributed by atoms with Crippen LogP contribution in [0.5, 0.6) is 0 Å². The van der Waals surface area contributed by atoms with E-state index < -0.39 is 0 Å². The van der Waals surface area contributed by atoms with Crippen LogP contribution in [0.15, 0.2) is 23.4 Å². The van der Waals surface area contributed by atoms with Crippen molar-refractivity contribution in [1.29, 1.82) is 0 Å². The number of benzene rings is 1. The average Bonchev–Trinajstić information content (AvgIpc) is 2.57. The van der Waals surface area contributed by atoms with Crippen molar-refractivity contribution in [2.24, 2.45) is 5.16 Å². The molecule has 0 radical (unpaired) electrons. The molecule has 0 atom stereocenters. The summed E-state index contributed by atoms with van der Waals surface area (Å²) in [6, 6.07) is 4.71. The minimum Gasteiger partial charge on any atom is -0.389 e. The zero-order valence-corrected chi connectivity index (χ0v) is 11.2. The molecule has 0 saturated heterocycles. The van der Waals surface area contributed by atoms with Crippen LogP contribution in [0, 0.1) is 5.82 Å². The summed E-state index contributed by atoms with van der Waals surface area (Å²) >= 11 is 7.41. The summed E-state index contributed by atoms with van der Waals surface area (Å²) in [5, 5.41) is 5.32. The summed E-state index contributed by atoms with van der Waals surface area (Å²) in [5.41, 5.74) is 0.271. The van der Waals surface area contributed by atoms with Gasteiger partial charge in [-0.15, -0.1) is 11.8 Å². The Bertz CT molecular complexity index is 442. The SMILES string of the molecule is CC1(C)CC(SCc2c(F)cccc2Cl)=NO1. The predicted octanol–water partition coefficient (Wildman–Crippen LogP) is 4.22. The van der Waals surface area contributed by atoms with Gasteiger partial charge in [0.25, 0.3) is 0 Å². The van der Waals surface area contributed by atoms with Crippen LogP contribution >= 0.6 is 23.4 Å². The van der Waals surface area contributed by atoms with Gasteiger partial charge < -0.3 is 4.84 Å². The summed E-state index contributed by atoms with van der Waals surface area (Å²) in [6.07, 6.45) is 0.754. The zero-order chi connectivity index (χ0) is 12.5. The quantitative estimate of drug-likeness (QED) is 0.804. The van der Waals surface area contributed by atoms with Gasteiger partial charge in [-0.2, -0.15) is 0 Å². The Kier molecular flexibility index (Phi) is 3.64. The smallest absolute Gasteiger partial charge is 0.138 e. The number of oxime groups is 1. The summed E-state index contributed by atoms with van der Waals surface area (Å²) in [6.45, 7) is 3.94. The highest BCUT2D eigenvalue weighted by atomic mass is 35.5. The Morgan fingerprint density at radius 3 is 2.88 bits per heavy atom. The third kappa shape index (κ3) is 3.13. The second-order valence-corrected chi connectivity index (χ2v) is 5.96. The van der Waals surface area contributed by atoms with Gasteiger partial charge in [-0.25, -0.2) is 4.39 Å². The monoisotopic (exact) mass is 273 g/mol. The molecule has 1 aliphatic rings. The first kappa shape index (κ1) is 12.7. The molecule has 0 unspecified atom stereocenters. The van der Waals surface area contributed by atoms with Crippen molar-refractivity contribution in [2.45, 2.75) is 31.6 Å². The third-order valence-corrected chi connectivity index (χ3v) is 3.76. The molecule has 1 aromatic rings. The molecule has 0 fully saturated rings. The second kappa shape index (κ2) is 4.86. The minimum absolute atomic E-state index is 0.249. The maximum absolute atomic E-state index is 13.5. The van der Waals surface area contributed by atoms with E-state index >= 15 is 0 Å². The van der Waals surface area contributed by atoms with E-state index in [9.17, 15) is 4.39 Å². The van der Waals surface area contributed by atoms with Crippen molar-refractivity contribution < 1.29 is 9.23 Å². The number of nitrogens with zero attached hydrogens (tertiary/aromatic N) is 1. The number of halogens is 2. The van der Waals surface area contributed by atoms with Gasteiger partial charge >= 0.3 is 0 Å². The normalized spacial score (nSPS) is 17.8. The van der Waals surface area contributed by atoms with Crippen LogP contribution in [-0.2, 0) is 10.6 Å². The molecule has 5 heteroatoms. The van der Waals surface area contributed by atoms with Crippen molar-refractivity contribution in [2.75, 3.05) is 0 Å². The van der Waals surface area contributed by atoms with E-state index in [0.717, 1.165) is 11.5 Å². The van der Waals surface area contributed by atoms with E-state index in [-0.39, 0.29) is 11.4 Å². The van der Waals surface area contributed by atoms with E-state index in [1.54, 1.807) is 12.1 Å². The van der Waals surface area contributed by atoms with Gasteiger partial charge in [0.15, 0.2) is 0 Å². The van der Waals surface area contributed by atoms with Gasteiger partial charge in [0.1, 0.15) is 16.5 Å². The van der Waals surface area contributed by atoms with E-state index in [4.69, 9.17) is 16.4 Å². The van der Waals surface area contributed by atoms with Crippen LogP contribution in [0.2, 0.25) is 5.02 Å². The van der Waals surface area contributed by atoms with E-state index in [1.165, 1.54) is 17.8 Å². The highest BCUT2D eigenvalue weighted by Gasteiger charge is 2.29. The molecule has 0 spiro atoms. The molecule has 17 heavy (non-hydrogen) atoms. The molecule has 92 valence electrons. The Hall–Kier alpha value is -0.740. The predicted molar refractivity (Wildman–Crippen MR) is 69.9 cm³/mol. The Morgan fingerprint density at radius 2 is 2.29 bits per heavy atom. The van der Waals surface area contributed by atoms with Crippen molar-refractivity contribution in [3.8, 4) is 0 Å². The minimum atomic E-state index is -0.274. The standard InChI is InChI=1S/C12H13ClFNOS/c1-12(2)6-11(15-16-12)17-7-8-9(13)4-3-5-10(8)14/h3-5H,6-7H2,1-2H3. The first-order valence-corrected chi connectivity index (χ1v) is 6.65. The lowest BCUT2D eigenvalue weighted by Crippen LogP contribution is -2.18. The molecule has 0 amide bonds. The number of rotatable bonds is 2. The van der Waals surface area contributed by atoms with Crippen molar-refractivity contribution >= 4 is 28.4 Å². The van der Waals surface area contributed by atoms with E-state index in [1.807, 2.05) is 13.8 Å². The van der Waals surface area contributed by atoms with Gasteiger partial charge in [-0.3, -0.25) is 0 Å². The molecule has 1 aromatic carbocycles. The molecule has 1 aliphatic heterocycles. The van der Waals surface area contributed by atoms with Crippen LogP contribution in [0.4, 0.5) is 4.39 Å². The molecule has 2 rings (SSSR count). The first-order valence-electron chi connectivity index (χ1n) is 5.29. The lowest BCUT2D eigenvalue weighted by atomic mass is 10.1. The summed E-state index contributed by atoms with van der Waals surface area (Å²) < 4.78 is 13.5. The lowest BCUT2D eigenvalue weighted by molar-refractivity contribution is 0.0123. The Balaban J connectivity index is 2.00. The van der Waals surface area contributed by atoms with Gasteiger partial charge in [-0.05, 0) is 26.0 Å². The van der Waals surface area contributed by atoms with Crippen LogP contribution in [0.3, 0.4) is 0 Å². The van der Waals surface area contributed by atoms with E-state index in [0.29, 0.717) is 16.3 Å². The fourth-order valence-electron chi connectivity index (χ4n) is 1.51. The topological polar surface area (TPSA) is 21.6 Å². The van der Waals surface area contributed by atoms with Crippen molar-refractivity contribution in [1.82, 2.24) is 0 Å². The molecular weight excluding hydrogens is 261 g/mol. The van der Waals surface area contributed by atoms with Crippen LogP contribution in [0.1, 0.15) is 25.8 Å². The summed E-state index contributed by atoms with van der Waals surface area (Å²) in [7, 11) is 0. The van der Waals surface area contributed by atoms with Crippen LogP contribution < -0.4 is 0 Å². The molecule has 0 saturated carbocycles. The highest BCUT2D eigenvalue weighted by molar-refractivity contribution is 8.13. The van der Waals surface area contributed by atoms with Crippen LogP contribution in [-0.4, -0.2) is 10.6 Å². The number of thioether (sulfide) groups is 1. The van der Waals surface area contributed by atoms with Gasteiger partial charge in [0.2, 0.25) is 0 Å². The molecule has 0 bridgehead atoms. The zero-order valence-electron chi connectivity index (χ0n) is 9.67. The Morgan fingerprint density at radius 1 is 1.53 bits per heavy atom. The highest BCUT2D eigenvalue weighted by Crippen LogP contribution is 2.31. The molecule has 0 aromatic heterocycles. The fraction of sp³-hybridized carbons (Fsp3) is 0.417. The fourth-order valence-corrected chi connectivity index (χ4v) is 2.96. The van der Waals surface area contributed by atoms with E-state index in [2.05, 4.69) is 5.16 Å². The maximum Gasteiger partial charge on any atom is 0.138 e. The summed E-state index contributed by atoms with van der Waals surface area (Å²) in [5.74, 6) is 0.202. The molecule has 2 nitrogen and oxygen atoms in total. The lowest BCUT2D eigenvalue weighted by Gasteiger charge is -2.13. The average molecular weight is 274 g/mol. The van der Waals surface area contributed by atoms with Gasteiger partial charge in [0, 0.05) is 22.8 Å². The van der Waals surface area contributed by atoms with Crippen LogP contribution in [0.25, 0.3) is 0 Å². The summed E-state index contributed by atoms with van der Waals surface area (Å²) in [4.78, 5) is 5.24. The Labute approximate surface area is 109 Å². The largest absolute Gasteiger partial charge is 0.389 e. The molecule has 0 N–H and O–H groups in total. The van der Waals surface area contributed by atoms with Crippen molar-refractivity contribution in [3.05, 3.63) is 34.6 Å². The van der Waals surface area contributed by atoms with Gasteiger partial charge in [-0.1, -0.05) is 22.8 Å². The van der Waals surface area contributed by atoms with Gasteiger partial charge in [0.05, 0.1) is 0 Å². The number of hydrogen-bond donors (Lipinski definition) is 0. The third-order valence-electron chi connectivity index (χ3n) is 2.42. The second-order valence-electron chi connectivity index (χ2n) is 4.50. The van der Waals surface area contributed by atoms with Crippen molar-refractivity contribution in [3.63, 3.8) is 0 Å². The molecule has 0 aliphatic carbocycles. The maximum atomic E-state index is 13.5. The molecule has 1 heterocycles. The molecular formula is C12H13ClFNOS. The number of hydrogen-bond acceptors (Lipinski definition) is 3.